The minimum absolute atomic E-state index is 0.145. The molecular formula is C59H41NO. The fourth-order valence-electron chi connectivity index (χ4n) is 10.1. The van der Waals surface area contributed by atoms with Gasteiger partial charge in [-0.2, -0.15) is 0 Å². The quantitative estimate of drug-likeness (QED) is 0.156. The summed E-state index contributed by atoms with van der Waals surface area (Å²) < 4.78 is 6.49. The normalized spacial score (nSPS) is 12.9. The van der Waals surface area contributed by atoms with E-state index in [1.807, 2.05) is 12.1 Å². The Hall–Kier alpha value is -7.68. The maximum atomic E-state index is 6.49. The van der Waals surface area contributed by atoms with Crippen LogP contribution >= 0.6 is 0 Å². The molecule has 11 aromatic rings. The molecule has 61 heavy (non-hydrogen) atoms. The third-order valence-electron chi connectivity index (χ3n) is 13.1. The largest absolute Gasteiger partial charge is 0.455 e. The molecule has 0 N–H and O–H groups in total. The lowest BCUT2D eigenvalue weighted by molar-refractivity contribution is 0.660. The van der Waals surface area contributed by atoms with Crippen molar-refractivity contribution < 1.29 is 4.42 Å². The summed E-state index contributed by atoms with van der Waals surface area (Å²) in [5, 5.41) is 7.31. The van der Waals surface area contributed by atoms with Crippen LogP contribution in [0.25, 0.3) is 88.0 Å². The first kappa shape index (κ1) is 35.3. The van der Waals surface area contributed by atoms with Crippen LogP contribution in [0.3, 0.4) is 0 Å². The van der Waals surface area contributed by atoms with Crippen LogP contribution in [0.5, 0.6) is 0 Å². The number of furan rings is 1. The molecule has 0 unspecified atom stereocenters. The second kappa shape index (κ2) is 13.7. The van der Waals surface area contributed by atoms with Crippen molar-refractivity contribution >= 4 is 60.5 Å². The second-order valence-corrected chi connectivity index (χ2v) is 16.8. The van der Waals surface area contributed by atoms with E-state index >= 15 is 0 Å². The number of hydrogen-bond acceptors (Lipinski definition) is 2. The van der Waals surface area contributed by atoms with Gasteiger partial charge in [-0.25, -0.2) is 0 Å². The van der Waals surface area contributed by atoms with E-state index in [1.165, 1.54) is 54.9 Å². The lowest BCUT2D eigenvalue weighted by Gasteiger charge is -2.30. The minimum Gasteiger partial charge on any atom is -0.455 e. The average molecular weight is 780 g/mol. The summed E-state index contributed by atoms with van der Waals surface area (Å²) in [4.78, 5) is 2.45. The summed E-state index contributed by atoms with van der Waals surface area (Å²) in [5.41, 5.74) is 17.2. The molecule has 0 atom stereocenters. The molecule has 0 fully saturated rings. The van der Waals surface area contributed by atoms with Crippen LogP contribution in [0.1, 0.15) is 25.0 Å². The lowest BCUT2D eigenvalue weighted by atomic mass is 9.82. The van der Waals surface area contributed by atoms with Crippen LogP contribution in [0, 0.1) is 0 Å². The maximum absolute atomic E-state index is 6.49. The van der Waals surface area contributed by atoms with Gasteiger partial charge >= 0.3 is 0 Å². The predicted octanol–water partition coefficient (Wildman–Crippen LogP) is 16.7. The molecule has 0 bridgehead atoms. The zero-order chi connectivity index (χ0) is 40.7. The first-order chi connectivity index (χ1) is 30.0. The van der Waals surface area contributed by atoms with Gasteiger partial charge in [0.25, 0.3) is 0 Å². The van der Waals surface area contributed by atoms with Crippen LogP contribution < -0.4 is 4.90 Å². The molecule has 2 heteroatoms. The van der Waals surface area contributed by atoms with E-state index in [9.17, 15) is 0 Å². The van der Waals surface area contributed by atoms with Crippen molar-refractivity contribution in [1.29, 1.82) is 0 Å². The molecule has 1 aromatic heterocycles. The molecule has 0 amide bonds. The van der Waals surface area contributed by atoms with Crippen molar-refractivity contribution in [2.24, 2.45) is 0 Å². The molecule has 1 aliphatic carbocycles. The van der Waals surface area contributed by atoms with E-state index in [0.29, 0.717) is 0 Å². The van der Waals surface area contributed by atoms with Gasteiger partial charge in [-0.3, -0.25) is 0 Å². The van der Waals surface area contributed by atoms with Crippen molar-refractivity contribution in [3.05, 3.63) is 223 Å². The van der Waals surface area contributed by atoms with Crippen molar-refractivity contribution in [3.8, 4) is 44.5 Å². The van der Waals surface area contributed by atoms with Gasteiger partial charge < -0.3 is 9.32 Å². The van der Waals surface area contributed by atoms with E-state index in [0.717, 1.165) is 61.3 Å². The monoisotopic (exact) mass is 779 g/mol. The first-order valence-electron chi connectivity index (χ1n) is 21.2. The predicted molar refractivity (Wildman–Crippen MR) is 257 cm³/mol. The van der Waals surface area contributed by atoms with E-state index < -0.39 is 0 Å². The van der Waals surface area contributed by atoms with Crippen LogP contribution in [0.4, 0.5) is 17.1 Å². The SMILES string of the molecule is CC1(C)c2ccccc2-c2ccc(N(c3ccc(-c4cccc5c4oc4ccccc45)cc3)c3ccc(-c4cccc5c4ccc4ccccc45)cc3-c3ccccc3)cc21. The van der Waals surface area contributed by atoms with Gasteiger partial charge in [0, 0.05) is 38.7 Å². The van der Waals surface area contributed by atoms with Crippen molar-refractivity contribution in [2.45, 2.75) is 19.3 Å². The standard InChI is InChI=1S/C59H41NO/c1-59(2)54-24-10-8-18-49(54)50-34-32-43(37-55(50)59)60(42-30-26-40(27-31-42)46-21-13-23-52-51-19-9-11-25-57(51)61-58(46)52)56-35-29-41(36-53(56)38-14-4-3-5-15-38)45-20-12-22-47-44-17-7-6-16-39(44)28-33-48(45)47/h3-37H,1-2H3. The highest BCUT2D eigenvalue weighted by molar-refractivity contribution is 6.13. The Kier molecular flexibility index (Phi) is 7.92. The number of benzene rings is 10. The van der Waals surface area contributed by atoms with Crippen molar-refractivity contribution in [2.75, 3.05) is 4.90 Å². The number of rotatable bonds is 6. The molecule has 2 nitrogen and oxygen atoms in total. The average Bonchev–Trinajstić information content (AvgIpc) is 3.81. The van der Waals surface area contributed by atoms with E-state index in [1.54, 1.807) is 0 Å². The van der Waals surface area contributed by atoms with E-state index in [2.05, 4.69) is 219 Å². The van der Waals surface area contributed by atoms with Crippen LogP contribution in [-0.4, -0.2) is 0 Å². The highest BCUT2D eigenvalue weighted by atomic mass is 16.3. The van der Waals surface area contributed by atoms with Crippen molar-refractivity contribution in [3.63, 3.8) is 0 Å². The highest BCUT2D eigenvalue weighted by Gasteiger charge is 2.36. The van der Waals surface area contributed by atoms with Gasteiger partial charge in [-0.1, -0.05) is 184 Å². The fraction of sp³-hybridized carbons (Fsp3) is 0.0508. The Bertz CT molecular complexity index is 3500. The molecule has 0 saturated heterocycles. The Labute approximate surface area is 355 Å². The summed E-state index contributed by atoms with van der Waals surface area (Å²) in [6.07, 6.45) is 0. The topological polar surface area (TPSA) is 16.4 Å². The van der Waals surface area contributed by atoms with Gasteiger partial charge in [0.05, 0.1) is 5.69 Å². The number of hydrogen-bond donors (Lipinski definition) is 0. The molecule has 1 aliphatic rings. The molecule has 0 aliphatic heterocycles. The van der Waals surface area contributed by atoms with Crippen LogP contribution in [0.2, 0.25) is 0 Å². The summed E-state index contributed by atoms with van der Waals surface area (Å²) in [5.74, 6) is 0. The molecule has 288 valence electrons. The Balaban J connectivity index is 1.06. The Morgan fingerprint density at radius 3 is 1.87 bits per heavy atom. The molecule has 0 radical (unpaired) electrons. The fourth-order valence-corrected chi connectivity index (χ4v) is 10.1. The molecule has 1 heterocycles. The molecule has 0 spiro atoms. The smallest absolute Gasteiger partial charge is 0.143 e. The third-order valence-corrected chi connectivity index (χ3v) is 13.1. The first-order valence-corrected chi connectivity index (χ1v) is 21.2. The van der Waals surface area contributed by atoms with Gasteiger partial charge in [0.15, 0.2) is 0 Å². The van der Waals surface area contributed by atoms with Crippen molar-refractivity contribution in [1.82, 2.24) is 0 Å². The van der Waals surface area contributed by atoms with E-state index in [-0.39, 0.29) is 5.41 Å². The summed E-state index contributed by atoms with van der Waals surface area (Å²) in [6, 6.07) is 77.5. The van der Waals surface area contributed by atoms with Gasteiger partial charge in [0.1, 0.15) is 11.2 Å². The molecule has 10 aromatic carbocycles. The van der Waals surface area contributed by atoms with Gasteiger partial charge in [-0.05, 0) is 109 Å². The minimum atomic E-state index is -0.145. The third kappa shape index (κ3) is 5.56. The number of para-hydroxylation sites is 2. The zero-order valence-corrected chi connectivity index (χ0v) is 34.1. The lowest BCUT2D eigenvalue weighted by Crippen LogP contribution is -2.17. The highest BCUT2D eigenvalue weighted by Crippen LogP contribution is 2.52. The van der Waals surface area contributed by atoms with Gasteiger partial charge in [0.2, 0.25) is 0 Å². The maximum Gasteiger partial charge on any atom is 0.143 e. The van der Waals surface area contributed by atoms with Gasteiger partial charge in [-0.15, -0.1) is 0 Å². The summed E-state index contributed by atoms with van der Waals surface area (Å²) in [7, 11) is 0. The molecule has 0 saturated carbocycles. The summed E-state index contributed by atoms with van der Waals surface area (Å²) in [6.45, 7) is 4.72. The second-order valence-electron chi connectivity index (χ2n) is 16.8. The Morgan fingerprint density at radius 1 is 0.361 bits per heavy atom. The molecular weight excluding hydrogens is 739 g/mol. The van der Waals surface area contributed by atoms with Crippen LogP contribution in [-0.2, 0) is 5.41 Å². The molecule has 12 rings (SSSR count). The zero-order valence-electron chi connectivity index (χ0n) is 34.1. The number of nitrogens with zero attached hydrogens (tertiary/aromatic N) is 1. The Morgan fingerprint density at radius 2 is 1.00 bits per heavy atom. The van der Waals surface area contributed by atoms with Crippen LogP contribution in [0.15, 0.2) is 217 Å². The summed E-state index contributed by atoms with van der Waals surface area (Å²) >= 11 is 0. The van der Waals surface area contributed by atoms with E-state index in [4.69, 9.17) is 4.42 Å². The number of fused-ring (bicyclic) bond motifs is 9. The number of anilines is 3.